The van der Waals surface area contributed by atoms with Gasteiger partial charge in [-0.25, -0.2) is 0 Å². The highest BCUT2D eigenvalue weighted by atomic mass is 35.5. The van der Waals surface area contributed by atoms with Crippen molar-refractivity contribution >= 4 is 41.5 Å². The molecule has 1 saturated heterocycles. The van der Waals surface area contributed by atoms with Crippen LogP contribution in [0.25, 0.3) is 0 Å². The van der Waals surface area contributed by atoms with Crippen molar-refractivity contribution in [1.82, 2.24) is 9.80 Å². The normalized spacial score (nSPS) is 21.9. The van der Waals surface area contributed by atoms with Gasteiger partial charge in [0.1, 0.15) is 0 Å². The summed E-state index contributed by atoms with van der Waals surface area (Å²) in [6.07, 6.45) is 3.79. The molecule has 2 aromatic rings. The molecule has 2 atom stereocenters. The van der Waals surface area contributed by atoms with Crippen molar-refractivity contribution < 1.29 is 4.79 Å². The third-order valence-corrected chi connectivity index (χ3v) is 6.57. The molecule has 3 nitrogen and oxygen atoms in total. The average Bonchev–Trinajstić information content (AvgIpc) is 3.19. The van der Waals surface area contributed by atoms with Crippen LogP contribution in [0.2, 0.25) is 10.0 Å². The molecule has 1 unspecified atom stereocenters. The minimum Gasteiger partial charge on any atom is -0.320 e. The SMILES string of the molecule is C[C@@H]1c2ccccc2CC(N2CCCC2)N1C(=O)Cc1ccc(Cl)c(Cl)c1.Cl. The Balaban J connectivity index is 0.00000225. The Kier molecular flexibility index (Phi) is 6.93. The molecule has 0 aromatic heterocycles. The number of carbonyl (C=O) groups excluding carboxylic acids is 1. The quantitative estimate of drug-likeness (QED) is 0.628. The maximum absolute atomic E-state index is 13.4. The lowest BCUT2D eigenvalue weighted by atomic mass is 9.90. The summed E-state index contributed by atoms with van der Waals surface area (Å²) in [7, 11) is 0. The fourth-order valence-corrected chi connectivity index (χ4v) is 4.79. The topological polar surface area (TPSA) is 23.6 Å². The van der Waals surface area contributed by atoms with E-state index in [0.717, 1.165) is 25.1 Å². The van der Waals surface area contributed by atoms with Gasteiger partial charge < -0.3 is 4.90 Å². The van der Waals surface area contributed by atoms with Crippen molar-refractivity contribution in [2.24, 2.45) is 0 Å². The molecule has 2 aliphatic heterocycles. The van der Waals surface area contributed by atoms with E-state index in [4.69, 9.17) is 23.2 Å². The number of nitrogens with zero attached hydrogens (tertiary/aromatic N) is 2. The van der Waals surface area contributed by atoms with Crippen LogP contribution in [0, 0.1) is 0 Å². The first-order valence-electron chi connectivity index (χ1n) is 9.61. The minimum absolute atomic E-state index is 0. The second-order valence-corrected chi connectivity index (χ2v) is 8.34. The van der Waals surface area contributed by atoms with Crippen LogP contribution in [0.5, 0.6) is 0 Å². The highest BCUT2D eigenvalue weighted by Gasteiger charge is 2.38. The van der Waals surface area contributed by atoms with E-state index in [-0.39, 0.29) is 30.5 Å². The summed E-state index contributed by atoms with van der Waals surface area (Å²) in [4.78, 5) is 17.9. The van der Waals surface area contributed by atoms with Gasteiger partial charge in [0, 0.05) is 19.5 Å². The molecule has 6 heteroatoms. The number of amides is 1. The van der Waals surface area contributed by atoms with Crippen LogP contribution < -0.4 is 0 Å². The smallest absolute Gasteiger partial charge is 0.228 e. The summed E-state index contributed by atoms with van der Waals surface area (Å²) in [5.41, 5.74) is 3.52. The van der Waals surface area contributed by atoms with Crippen molar-refractivity contribution in [2.45, 2.75) is 44.8 Å². The lowest BCUT2D eigenvalue weighted by molar-refractivity contribution is -0.141. The fraction of sp³-hybridized carbons (Fsp3) is 0.409. The molecule has 2 aliphatic rings. The predicted molar refractivity (Wildman–Crippen MR) is 117 cm³/mol. The zero-order valence-electron chi connectivity index (χ0n) is 15.9. The Labute approximate surface area is 183 Å². The molecule has 0 radical (unpaired) electrons. The number of likely N-dealkylation sites (tertiary alicyclic amines) is 1. The molecule has 150 valence electrons. The van der Waals surface area contributed by atoms with Crippen molar-refractivity contribution in [3.63, 3.8) is 0 Å². The van der Waals surface area contributed by atoms with E-state index in [1.807, 2.05) is 6.07 Å². The lowest BCUT2D eigenvalue weighted by Gasteiger charge is -2.46. The maximum atomic E-state index is 13.4. The largest absolute Gasteiger partial charge is 0.320 e. The van der Waals surface area contributed by atoms with E-state index >= 15 is 0 Å². The van der Waals surface area contributed by atoms with Crippen LogP contribution in [0.3, 0.4) is 0 Å². The molecule has 4 rings (SSSR count). The molecule has 0 N–H and O–H groups in total. The number of hydrogen-bond acceptors (Lipinski definition) is 2. The van der Waals surface area contributed by atoms with Crippen LogP contribution >= 0.6 is 35.6 Å². The summed E-state index contributed by atoms with van der Waals surface area (Å²) in [6, 6.07) is 14.0. The van der Waals surface area contributed by atoms with Gasteiger partial charge in [0.15, 0.2) is 0 Å². The van der Waals surface area contributed by atoms with Gasteiger partial charge in [-0.3, -0.25) is 9.69 Å². The summed E-state index contributed by atoms with van der Waals surface area (Å²) in [6.45, 7) is 4.28. The number of rotatable bonds is 3. The Morgan fingerprint density at radius 1 is 1.07 bits per heavy atom. The predicted octanol–water partition coefficient (Wildman–Crippen LogP) is 5.53. The molecule has 0 spiro atoms. The van der Waals surface area contributed by atoms with Crippen LogP contribution in [-0.4, -0.2) is 35.0 Å². The van der Waals surface area contributed by atoms with E-state index < -0.39 is 0 Å². The number of benzene rings is 2. The lowest BCUT2D eigenvalue weighted by Crippen LogP contribution is -2.55. The Morgan fingerprint density at radius 2 is 1.79 bits per heavy atom. The zero-order chi connectivity index (χ0) is 19.0. The van der Waals surface area contributed by atoms with Gasteiger partial charge in [0.25, 0.3) is 0 Å². The molecular weight excluding hydrogens is 415 g/mol. The fourth-order valence-electron chi connectivity index (χ4n) is 4.47. The summed E-state index contributed by atoms with van der Waals surface area (Å²) < 4.78 is 0. The molecule has 28 heavy (non-hydrogen) atoms. The molecular formula is C22H25Cl3N2O. The second kappa shape index (κ2) is 9.04. The van der Waals surface area contributed by atoms with Crippen molar-refractivity contribution in [1.29, 1.82) is 0 Å². The van der Waals surface area contributed by atoms with E-state index in [1.165, 1.54) is 24.0 Å². The van der Waals surface area contributed by atoms with E-state index in [0.29, 0.717) is 16.5 Å². The van der Waals surface area contributed by atoms with Gasteiger partial charge in [-0.05, 0) is 48.6 Å². The van der Waals surface area contributed by atoms with Crippen LogP contribution in [0.15, 0.2) is 42.5 Å². The highest BCUT2D eigenvalue weighted by molar-refractivity contribution is 6.42. The van der Waals surface area contributed by atoms with Crippen LogP contribution in [0.4, 0.5) is 0 Å². The Bertz CT molecular complexity index is 851. The monoisotopic (exact) mass is 438 g/mol. The average molecular weight is 440 g/mol. The van der Waals surface area contributed by atoms with Crippen molar-refractivity contribution in [3.05, 3.63) is 69.2 Å². The standard InChI is InChI=1S/C22H24Cl2N2O.ClH/c1-15-18-7-3-2-6-17(18)14-21(25-10-4-5-11-25)26(15)22(27)13-16-8-9-19(23)20(24)12-16;/h2-3,6-9,12,15,21H,4-5,10-11,13-14H2,1H3;1H/t15-,21?;/m1./s1. The van der Waals surface area contributed by atoms with Gasteiger partial charge in [0.05, 0.1) is 28.7 Å². The first kappa shape index (κ1) is 21.4. The van der Waals surface area contributed by atoms with Gasteiger partial charge >= 0.3 is 0 Å². The van der Waals surface area contributed by atoms with E-state index in [2.05, 4.69) is 41.0 Å². The Morgan fingerprint density at radius 3 is 2.50 bits per heavy atom. The van der Waals surface area contributed by atoms with Gasteiger partial charge in [0.2, 0.25) is 5.91 Å². The third kappa shape index (κ3) is 4.18. The number of halogens is 3. The first-order valence-corrected chi connectivity index (χ1v) is 10.4. The maximum Gasteiger partial charge on any atom is 0.228 e. The summed E-state index contributed by atoms with van der Waals surface area (Å²) >= 11 is 12.2. The summed E-state index contributed by atoms with van der Waals surface area (Å²) in [5, 5.41) is 1.01. The van der Waals surface area contributed by atoms with Crippen LogP contribution in [0.1, 0.15) is 42.5 Å². The van der Waals surface area contributed by atoms with Crippen molar-refractivity contribution in [3.8, 4) is 0 Å². The third-order valence-electron chi connectivity index (χ3n) is 5.84. The first-order chi connectivity index (χ1) is 13.0. The molecule has 1 amide bonds. The molecule has 0 saturated carbocycles. The van der Waals surface area contributed by atoms with Crippen LogP contribution in [-0.2, 0) is 17.6 Å². The minimum atomic E-state index is 0. The van der Waals surface area contributed by atoms with Gasteiger partial charge in [-0.15, -0.1) is 12.4 Å². The number of carbonyl (C=O) groups is 1. The molecule has 0 bridgehead atoms. The van der Waals surface area contributed by atoms with E-state index in [1.54, 1.807) is 12.1 Å². The number of hydrogen-bond donors (Lipinski definition) is 0. The molecule has 0 aliphatic carbocycles. The highest BCUT2D eigenvalue weighted by Crippen LogP contribution is 2.36. The molecule has 1 fully saturated rings. The van der Waals surface area contributed by atoms with Gasteiger partial charge in [-0.2, -0.15) is 0 Å². The number of fused-ring (bicyclic) bond motifs is 1. The molecule has 2 heterocycles. The summed E-state index contributed by atoms with van der Waals surface area (Å²) in [5.74, 6) is 0.146. The molecule has 2 aromatic carbocycles. The van der Waals surface area contributed by atoms with Crippen molar-refractivity contribution in [2.75, 3.05) is 13.1 Å². The Hall–Kier alpha value is -1.26. The second-order valence-electron chi connectivity index (χ2n) is 7.53. The zero-order valence-corrected chi connectivity index (χ0v) is 18.2. The van der Waals surface area contributed by atoms with Gasteiger partial charge in [-0.1, -0.05) is 53.5 Å². The van der Waals surface area contributed by atoms with E-state index in [9.17, 15) is 4.79 Å².